The summed E-state index contributed by atoms with van der Waals surface area (Å²) in [6, 6.07) is 23.4. The molecule has 0 saturated carbocycles. The number of Topliss-reactive ketones (excluding diaryl/α,β-unsaturated/α-hetero) is 1. The van der Waals surface area contributed by atoms with Gasteiger partial charge in [-0.15, -0.1) is 0 Å². The number of aliphatic hydroxyl groups excluding tert-OH is 1. The van der Waals surface area contributed by atoms with E-state index >= 15 is 0 Å². The van der Waals surface area contributed by atoms with Gasteiger partial charge in [0.05, 0.1) is 31.4 Å². The standard InChI is InChI=1S/C33H36N2O6/c1-2-40-27-14-12-25(13-15-27)31(36)29-30(26-10-6-11-28(22-26)41-23-24-8-4-3-5-9-24)35(33(38)32(29)37)17-7-16-34-18-20-39-21-19-34/h3-6,8-15,22,30,36H,2,7,16-21,23H2,1H3. The van der Waals surface area contributed by atoms with E-state index in [0.29, 0.717) is 62.0 Å². The maximum Gasteiger partial charge on any atom is 0.295 e. The Labute approximate surface area is 240 Å². The Morgan fingerprint density at radius 3 is 2.39 bits per heavy atom. The van der Waals surface area contributed by atoms with E-state index in [9.17, 15) is 14.7 Å². The molecule has 5 rings (SSSR count). The number of nitrogens with zero attached hydrogens (tertiary/aromatic N) is 2. The number of carbonyl (C=O) groups excluding carboxylic acids is 2. The Kier molecular flexibility index (Phi) is 9.33. The van der Waals surface area contributed by atoms with Crippen LogP contribution in [0.15, 0.2) is 84.4 Å². The number of ether oxygens (including phenoxy) is 3. The first-order chi connectivity index (χ1) is 20.0. The van der Waals surface area contributed by atoms with Crippen molar-refractivity contribution in [2.75, 3.05) is 46.0 Å². The lowest BCUT2D eigenvalue weighted by Crippen LogP contribution is -2.38. The minimum atomic E-state index is -0.744. The van der Waals surface area contributed by atoms with Crippen LogP contribution in [0.25, 0.3) is 5.76 Å². The number of benzene rings is 3. The Bertz CT molecular complexity index is 1370. The molecule has 2 saturated heterocycles. The zero-order valence-corrected chi connectivity index (χ0v) is 23.3. The van der Waals surface area contributed by atoms with E-state index in [2.05, 4.69) is 4.90 Å². The van der Waals surface area contributed by atoms with Crippen LogP contribution in [0, 0.1) is 0 Å². The maximum absolute atomic E-state index is 13.5. The topological polar surface area (TPSA) is 88.5 Å². The van der Waals surface area contributed by atoms with Crippen molar-refractivity contribution in [2.45, 2.75) is 26.0 Å². The van der Waals surface area contributed by atoms with E-state index in [-0.39, 0.29) is 11.3 Å². The fraction of sp³-hybridized carbons (Fsp3) is 0.333. The summed E-state index contributed by atoms with van der Waals surface area (Å²) in [6.45, 7) is 7.05. The number of aliphatic hydroxyl groups is 1. The monoisotopic (exact) mass is 556 g/mol. The maximum atomic E-state index is 13.5. The molecular weight excluding hydrogens is 520 g/mol. The number of carbonyl (C=O) groups is 2. The van der Waals surface area contributed by atoms with Crippen molar-refractivity contribution in [1.29, 1.82) is 0 Å². The summed E-state index contributed by atoms with van der Waals surface area (Å²) < 4.78 is 17.0. The molecule has 0 bridgehead atoms. The molecule has 0 aliphatic carbocycles. The van der Waals surface area contributed by atoms with Crippen molar-refractivity contribution in [1.82, 2.24) is 9.80 Å². The molecule has 1 N–H and O–H groups in total. The molecule has 0 aromatic heterocycles. The first kappa shape index (κ1) is 28.4. The van der Waals surface area contributed by atoms with Crippen LogP contribution in [-0.4, -0.2) is 72.6 Å². The van der Waals surface area contributed by atoms with Crippen molar-refractivity contribution in [2.24, 2.45) is 0 Å². The van der Waals surface area contributed by atoms with Crippen molar-refractivity contribution >= 4 is 17.4 Å². The van der Waals surface area contributed by atoms with Gasteiger partial charge in [0, 0.05) is 31.7 Å². The Balaban J connectivity index is 1.45. The molecule has 0 spiro atoms. The highest BCUT2D eigenvalue weighted by Crippen LogP contribution is 2.40. The van der Waals surface area contributed by atoms with Gasteiger partial charge in [-0.25, -0.2) is 0 Å². The number of morpholine rings is 1. The Morgan fingerprint density at radius 2 is 1.66 bits per heavy atom. The summed E-state index contributed by atoms with van der Waals surface area (Å²) in [6.07, 6.45) is 0.691. The van der Waals surface area contributed by atoms with Gasteiger partial charge in [-0.2, -0.15) is 0 Å². The number of hydrogen-bond donors (Lipinski definition) is 1. The van der Waals surface area contributed by atoms with Gasteiger partial charge in [-0.3, -0.25) is 14.5 Å². The zero-order chi connectivity index (χ0) is 28.6. The van der Waals surface area contributed by atoms with Crippen LogP contribution in [0.5, 0.6) is 11.5 Å². The van der Waals surface area contributed by atoms with E-state index in [1.54, 1.807) is 29.2 Å². The van der Waals surface area contributed by atoms with Crippen molar-refractivity contribution in [3.05, 3.63) is 101 Å². The predicted octanol–water partition coefficient (Wildman–Crippen LogP) is 4.81. The van der Waals surface area contributed by atoms with Crippen molar-refractivity contribution in [3.63, 3.8) is 0 Å². The highest BCUT2D eigenvalue weighted by molar-refractivity contribution is 6.46. The molecule has 41 heavy (non-hydrogen) atoms. The van der Waals surface area contributed by atoms with Gasteiger partial charge in [-0.1, -0.05) is 42.5 Å². The first-order valence-corrected chi connectivity index (χ1v) is 14.1. The fourth-order valence-corrected chi connectivity index (χ4v) is 5.29. The Morgan fingerprint density at radius 1 is 0.902 bits per heavy atom. The second-order valence-corrected chi connectivity index (χ2v) is 10.1. The zero-order valence-electron chi connectivity index (χ0n) is 23.3. The molecule has 0 radical (unpaired) electrons. The smallest absolute Gasteiger partial charge is 0.295 e. The van der Waals surface area contributed by atoms with Crippen molar-refractivity contribution in [3.8, 4) is 11.5 Å². The van der Waals surface area contributed by atoms with Gasteiger partial charge in [0.2, 0.25) is 0 Å². The largest absolute Gasteiger partial charge is 0.507 e. The van der Waals surface area contributed by atoms with E-state index in [0.717, 1.165) is 25.2 Å². The lowest BCUT2D eigenvalue weighted by molar-refractivity contribution is -0.140. The number of likely N-dealkylation sites (tertiary alicyclic amines) is 1. The Hall–Kier alpha value is -4.14. The van der Waals surface area contributed by atoms with Crippen LogP contribution < -0.4 is 9.47 Å². The summed E-state index contributed by atoms with van der Waals surface area (Å²) in [5, 5.41) is 11.4. The summed E-state index contributed by atoms with van der Waals surface area (Å²) in [7, 11) is 0. The normalized spacial score (nSPS) is 19.0. The number of hydrogen-bond acceptors (Lipinski definition) is 7. The van der Waals surface area contributed by atoms with E-state index in [1.165, 1.54) is 0 Å². The van der Waals surface area contributed by atoms with Crippen LogP contribution in [0.1, 0.15) is 36.1 Å². The third-order valence-electron chi connectivity index (χ3n) is 7.38. The fourth-order valence-electron chi connectivity index (χ4n) is 5.29. The molecule has 1 unspecified atom stereocenters. The van der Waals surface area contributed by atoms with E-state index < -0.39 is 17.7 Å². The predicted molar refractivity (Wildman–Crippen MR) is 156 cm³/mol. The molecule has 2 heterocycles. The number of rotatable bonds is 11. The average Bonchev–Trinajstić information content (AvgIpc) is 3.26. The van der Waals surface area contributed by atoms with Crippen LogP contribution in [0.2, 0.25) is 0 Å². The van der Waals surface area contributed by atoms with Crippen LogP contribution in [-0.2, 0) is 20.9 Å². The van der Waals surface area contributed by atoms with Crippen LogP contribution >= 0.6 is 0 Å². The molecule has 8 heteroatoms. The minimum absolute atomic E-state index is 0.0748. The first-order valence-electron chi connectivity index (χ1n) is 14.1. The molecule has 3 aromatic carbocycles. The van der Waals surface area contributed by atoms with Gasteiger partial charge in [0.1, 0.15) is 23.9 Å². The molecule has 1 atom stereocenters. The third-order valence-corrected chi connectivity index (χ3v) is 7.38. The van der Waals surface area contributed by atoms with Crippen molar-refractivity contribution < 1.29 is 28.9 Å². The average molecular weight is 557 g/mol. The highest BCUT2D eigenvalue weighted by Gasteiger charge is 2.46. The molecule has 8 nitrogen and oxygen atoms in total. The third kappa shape index (κ3) is 6.78. The molecule has 1 amide bonds. The molecule has 2 aliphatic rings. The number of amides is 1. The summed E-state index contributed by atoms with van der Waals surface area (Å²) >= 11 is 0. The molecule has 2 aliphatic heterocycles. The van der Waals surface area contributed by atoms with Crippen LogP contribution in [0.3, 0.4) is 0 Å². The quantitative estimate of drug-likeness (QED) is 0.206. The summed E-state index contributed by atoms with van der Waals surface area (Å²) in [5.41, 5.74) is 2.25. The van der Waals surface area contributed by atoms with Gasteiger partial charge in [0.25, 0.3) is 11.7 Å². The molecule has 3 aromatic rings. The number of ketones is 1. The van der Waals surface area contributed by atoms with E-state index in [4.69, 9.17) is 14.2 Å². The lowest BCUT2D eigenvalue weighted by atomic mass is 9.95. The molecule has 214 valence electrons. The van der Waals surface area contributed by atoms with Gasteiger partial charge in [0.15, 0.2) is 0 Å². The van der Waals surface area contributed by atoms with Gasteiger partial charge in [-0.05, 0) is 60.9 Å². The van der Waals surface area contributed by atoms with Gasteiger partial charge >= 0.3 is 0 Å². The summed E-state index contributed by atoms with van der Waals surface area (Å²) in [4.78, 5) is 30.7. The van der Waals surface area contributed by atoms with E-state index in [1.807, 2.05) is 61.5 Å². The summed E-state index contributed by atoms with van der Waals surface area (Å²) in [5.74, 6) is -0.232. The lowest BCUT2D eigenvalue weighted by Gasteiger charge is -2.29. The molecule has 2 fully saturated rings. The second-order valence-electron chi connectivity index (χ2n) is 10.1. The minimum Gasteiger partial charge on any atom is -0.507 e. The highest BCUT2D eigenvalue weighted by atomic mass is 16.5. The molecular formula is C33H36N2O6. The second kappa shape index (κ2) is 13.5. The van der Waals surface area contributed by atoms with Gasteiger partial charge < -0.3 is 24.2 Å². The van der Waals surface area contributed by atoms with Crippen LogP contribution in [0.4, 0.5) is 0 Å². The SMILES string of the molecule is CCOc1ccc(C(O)=C2C(=O)C(=O)N(CCCN3CCOCC3)C2c2cccc(OCc3ccccc3)c2)cc1.